The highest BCUT2D eigenvalue weighted by Gasteiger charge is 2.08. The normalized spacial score (nSPS) is 9.88. The van der Waals surface area contributed by atoms with Gasteiger partial charge in [0.15, 0.2) is 5.16 Å². The second kappa shape index (κ2) is 6.11. The van der Waals surface area contributed by atoms with Crippen molar-refractivity contribution >= 4 is 23.7 Å². The van der Waals surface area contributed by atoms with E-state index in [4.69, 9.17) is 10.5 Å². The largest absolute Gasteiger partial charge is 0.468 e. The van der Waals surface area contributed by atoms with Crippen molar-refractivity contribution in [1.82, 2.24) is 15.0 Å². The minimum atomic E-state index is -0.359. The molecule has 0 saturated carbocycles. The summed E-state index contributed by atoms with van der Waals surface area (Å²) in [6.45, 7) is 2.24. The van der Waals surface area contributed by atoms with E-state index in [9.17, 15) is 4.79 Å². The number of nitrogen functional groups attached to an aromatic ring is 1. The minimum Gasteiger partial charge on any atom is -0.468 e. The molecule has 8 heteroatoms. The van der Waals surface area contributed by atoms with Crippen LogP contribution in [0.4, 0.5) is 5.95 Å². The molecule has 2 N–H and O–H groups in total. The van der Waals surface area contributed by atoms with Crippen LogP contribution in [0.5, 0.6) is 6.01 Å². The summed E-state index contributed by atoms with van der Waals surface area (Å²) in [4.78, 5) is 22.5. The van der Waals surface area contributed by atoms with Gasteiger partial charge in [-0.1, -0.05) is 11.8 Å². The van der Waals surface area contributed by atoms with E-state index in [0.717, 1.165) is 11.8 Å². The molecule has 0 unspecified atom stereocenters. The van der Waals surface area contributed by atoms with Gasteiger partial charge in [0.2, 0.25) is 5.95 Å². The van der Waals surface area contributed by atoms with Crippen molar-refractivity contribution in [2.75, 3.05) is 25.2 Å². The highest BCUT2D eigenvalue weighted by atomic mass is 32.2. The summed E-state index contributed by atoms with van der Waals surface area (Å²) in [6.07, 6.45) is 0. The number of ether oxygens (including phenoxy) is 2. The molecular weight excluding hydrogens is 232 g/mol. The Morgan fingerprint density at radius 3 is 2.81 bits per heavy atom. The standard InChI is InChI=1S/C8H12N4O3S/c1-3-15-7-10-6(9)11-8(12-7)16-4-5(13)14-2/h3-4H2,1-2H3,(H2,9,10,11,12). The van der Waals surface area contributed by atoms with E-state index in [1.54, 1.807) is 6.92 Å². The molecule has 0 aliphatic carbocycles. The topological polar surface area (TPSA) is 100 Å². The minimum absolute atomic E-state index is 0.0609. The van der Waals surface area contributed by atoms with Crippen LogP contribution in [-0.4, -0.2) is 40.4 Å². The Hall–Kier alpha value is -1.57. The lowest BCUT2D eigenvalue weighted by atomic mass is 10.8. The summed E-state index contributed by atoms with van der Waals surface area (Å²) in [5, 5.41) is 0.335. The molecule has 0 bridgehead atoms. The Morgan fingerprint density at radius 2 is 2.19 bits per heavy atom. The molecule has 0 fully saturated rings. The number of methoxy groups -OCH3 is 1. The van der Waals surface area contributed by atoms with E-state index in [1.807, 2.05) is 0 Å². The van der Waals surface area contributed by atoms with Crippen molar-refractivity contribution in [2.45, 2.75) is 12.1 Å². The van der Waals surface area contributed by atoms with Crippen molar-refractivity contribution in [1.29, 1.82) is 0 Å². The molecule has 0 spiro atoms. The highest BCUT2D eigenvalue weighted by Crippen LogP contribution is 2.16. The van der Waals surface area contributed by atoms with Crippen molar-refractivity contribution < 1.29 is 14.3 Å². The van der Waals surface area contributed by atoms with Gasteiger partial charge in [-0.05, 0) is 6.92 Å². The van der Waals surface area contributed by atoms with Gasteiger partial charge in [-0.2, -0.15) is 15.0 Å². The molecule has 1 aromatic heterocycles. The predicted octanol–water partition coefficient (Wildman–Crippen LogP) is 0.118. The summed E-state index contributed by atoms with van der Waals surface area (Å²) < 4.78 is 9.58. The number of carbonyl (C=O) groups excluding carboxylic acids is 1. The Morgan fingerprint density at radius 1 is 1.44 bits per heavy atom. The Balaban J connectivity index is 2.68. The third-order valence-corrected chi connectivity index (χ3v) is 2.25. The quantitative estimate of drug-likeness (QED) is 0.575. The van der Waals surface area contributed by atoms with E-state index in [0.29, 0.717) is 11.8 Å². The molecule has 0 aliphatic heterocycles. The van der Waals surface area contributed by atoms with Crippen LogP contribution in [0.2, 0.25) is 0 Å². The number of aromatic nitrogens is 3. The smallest absolute Gasteiger partial charge is 0.322 e. The van der Waals surface area contributed by atoms with E-state index in [2.05, 4.69) is 19.7 Å². The zero-order valence-electron chi connectivity index (χ0n) is 8.97. The van der Waals surface area contributed by atoms with Gasteiger partial charge < -0.3 is 15.2 Å². The van der Waals surface area contributed by atoms with Crippen LogP contribution in [-0.2, 0) is 9.53 Å². The molecule has 88 valence electrons. The average molecular weight is 244 g/mol. The maximum atomic E-state index is 10.9. The zero-order valence-corrected chi connectivity index (χ0v) is 9.78. The number of thioether (sulfide) groups is 1. The maximum absolute atomic E-state index is 10.9. The molecule has 16 heavy (non-hydrogen) atoms. The van der Waals surface area contributed by atoms with E-state index < -0.39 is 0 Å². The van der Waals surface area contributed by atoms with Gasteiger partial charge in [0.25, 0.3) is 0 Å². The number of nitrogens with zero attached hydrogens (tertiary/aromatic N) is 3. The highest BCUT2D eigenvalue weighted by molar-refractivity contribution is 7.99. The third kappa shape index (κ3) is 3.89. The van der Waals surface area contributed by atoms with Gasteiger partial charge in [-0.15, -0.1) is 0 Å². The van der Waals surface area contributed by atoms with Gasteiger partial charge >= 0.3 is 12.0 Å². The fraction of sp³-hybridized carbons (Fsp3) is 0.500. The van der Waals surface area contributed by atoms with Crippen LogP contribution in [0, 0.1) is 0 Å². The number of rotatable bonds is 5. The number of esters is 1. The van der Waals surface area contributed by atoms with Crippen molar-refractivity contribution in [3.8, 4) is 6.01 Å². The Kier molecular flexibility index (Phi) is 4.77. The van der Waals surface area contributed by atoms with Crippen LogP contribution in [0.15, 0.2) is 5.16 Å². The van der Waals surface area contributed by atoms with Crippen molar-refractivity contribution in [3.63, 3.8) is 0 Å². The molecule has 1 aromatic rings. The second-order valence-electron chi connectivity index (χ2n) is 2.56. The van der Waals surface area contributed by atoms with Crippen LogP contribution < -0.4 is 10.5 Å². The SMILES string of the molecule is CCOc1nc(N)nc(SCC(=O)OC)n1. The first-order chi connectivity index (χ1) is 7.65. The zero-order chi connectivity index (χ0) is 12.0. The van der Waals surface area contributed by atoms with Gasteiger partial charge in [0.1, 0.15) is 0 Å². The molecule has 7 nitrogen and oxygen atoms in total. The molecule has 0 saturated heterocycles. The maximum Gasteiger partial charge on any atom is 0.322 e. The number of hydrogen-bond acceptors (Lipinski definition) is 8. The molecule has 0 radical (unpaired) electrons. The van der Waals surface area contributed by atoms with Gasteiger partial charge in [0, 0.05) is 0 Å². The summed E-state index contributed by atoms with van der Waals surface area (Å²) in [5.74, 6) is -0.182. The molecule has 1 rings (SSSR count). The van der Waals surface area contributed by atoms with E-state index in [-0.39, 0.29) is 23.7 Å². The fourth-order valence-corrected chi connectivity index (χ4v) is 1.46. The molecule has 0 aromatic carbocycles. The van der Waals surface area contributed by atoms with E-state index in [1.165, 1.54) is 7.11 Å². The Bertz CT molecular complexity index is 374. The van der Waals surface area contributed by atoms with Crippen molar-refractivity contribution in [3.05, 3.63) is 0 Å². The number of carbonyl (C=O) groups is 1. The van der Waals surface area contributed by atoms with Gasteiger partial charge in [-0.25, -0.2) is 0 Å². The first kappa shape index (κ1) is 12.5. The summed E-state index contributed by atoms with van der Waals surface area (Å²) >= 11 is 1.11. The number of nitrogens with two attached hydrogens (primary N) is 1. The van der Waals surface area contributed by atoms with Crippen LogP contribution >= 0.6 is 11.8 Å². The lowest BCUT2D eigenvalue weighted by Crippen LogP contribution is -2.07. The average Bonchev–Trinajstić information content (AvgIpc) is 2.25. The lowest BCUT2D eigenvalue weighted by Gasteiger charge is -2.03. The summed E-state index contributed by atoms with van der Waals surface area (Å²) in [6, 6.07) is 0.155. The first-order valence-electron chi connectivity index (χ1n) is 4.49. The molecule has 1 heterocycles. The van der Waals surface area contributed by atoms with Crippen LogP contribution in [0.3, 0.4) is 0 Å². The second-order valence-corrected chi connectivity index (χ2v) is 3.50. The third-order valence-electron chi connectivity index (χ3n) is 1.43. The summed E-state index contributed by atoms with van der Waals surface area (Å²) in [7, 11) is 1.32. The van der Waals surface area contributed by atoms with Crippen LogP contribution in [0.25, 0.3) is 0 Å². The number of hydrogen-bond donors (Lipinski definition) is 1. The molecule has 0 aliphatic rings. The van der Waals surface area contributed by atoms with Gasteiger partial charge in [0.05, 0.1) is 19.5 Å². The lowest BCUT2D eigenvalue weighted by molar-refractivity contribution is -0.137. The fourth-order valence-electron chi connectivity index (χ4n) is 0.793. The molecular formula is C8H12N4O3S. The Labute approximate surface area is 96.8 Å². The number of anilines is 1. The first-order valence-corrected chi connectivity index (χ1v) is 5.48. The van der Waals surface area contributed by atoms with Crippen molar-refractivity contribution in [2.24, 2.45) is 0 Å². The predicted molar refractivity (Wildman–Crippen MR) is 58.1 cm³/mol. The van der Waals surface area contributed by atoms with Crippen LogP contribution in [0.1, 0.15) is 6.92 Å². The van der Waals surface area contributed by atoms with E-state index >= 15 is 0 Å². The summed E-state index contributed by atoms with van der Waals surface area (Å²) in [5.41, 5.74) is 5.46. The van der Waals surface area contributed by atoms with Gasteiger partial charge in [-0.3, -0.25) is 4.79 Å². The molecule has 0 amide bonds. The molecule has 0 atom stereocenters. The monoisotopic (exact) mass is 244 g/mol.